The van der Waals surface area contributed by atoms with Gasteiger partial charge in [-0.15, -0.1) is 0 Å². The lowest BCUT2D eigenvalue weighted by Gasteiger charge is -2.33. The highest BCUT2D eigenvalue weighted by molar-refractivity contribution is 7.89. The Bertz CT molecular complexity index is 599. The number of sulfonamides is 1. The molecule has 116 valence electrons. The fourth-order valence-electron chi connectivity index (χ4n) is 3.73. The van der Waals surface area contributed by atoms with E-state index in [0.29, 0.717) is 12.5 Å². The van der Waals surface area contributed by atoms with E-state index in [4.69, 9.17) is 0 Å². The van der Waals surface area contributed by atoms with Crippen LogP contribution in [0.3, 0.4) is 0 Å². The van der Waals surface area contributed by atoms with Crippen molar-refractivity contribution >= 4 is 10.0 Å². The van der Waals surface area contributed by atoms with Crippen molar-refractivity contribution in [3.8, 4) is 0 Å². The van der Waals surface area contributed by atoms with Crippen molar-refractivity contribution in [2.75, 3.05) is 6.54 Å². The number of rotatable bonds is 3. The summed E-state index contributed by atoms with van der Waals surface area (Å²) < 4.78 is 40.8. The van der Waals surface area contributed by atoms with E-state index in [1.165, 1.54) is 35.8 Å². The molecule has 0 bridgehead atoms. The minimum Gasteiger partial charge on any atom is -0.241 e. The Morgan fingerprint density at radius 2 is 1.90 bits per heavy atom. The Balaban J connectivity index is 1.89. The van der Waals surface area contributed by atoms with Crippen LogP contribution < -0.4 is 0 Å². The molecule has 2 heterocycles. The van der Waals surface area contributed by atoms with E-state index in [9.17, 15) is 12.8 Å². The molecule has 1 aliphatic heterocycles. The Morgan fingerprint density at radius 3 is 2.62 bits per heavy atom. The monoisotopic (exact) mass is 312 g/mol. The molecule has 1 saturated carbocycles. The van der Waals surface area contributed by atoms with Gasteiger partial charge in [0.2, 0.25) is 5.03 Å². The zero-order valence-corrected chi connectivity index (χ0v) is 12.9. The van der Waals surface area contributed by atoms with E-state index in [2.05, 4.69) is 4.98 Å². The van der Waals surface area contributed by atoms with Gasteiger partial charge in [0.1, 0.15) is 0 Å². The van der Waals surface area contributed by atoms with Crippen molar-refractivity contribution in [1.29, 1.82) is 0 Å². The molecule has 6 heteroatoms. The Hall–Kier alpha value is -1.01. The van der Waals surface area contributed by atoms with Gasteiger partial charge in [0.25, 0.3) is 10.0 Å². The molecular formula is C15H21FN2O2S. The maximum atomic E-state index is 13.8. The maximum Gasteiger partial charge on any atom is 0.263 e. The topological polar surface area (TPSA) is 50.3 Å². The van der Waals surface area contributed by atoms with Crippen LogP contribution in [0.4, 0.5) is 4.39 Å². The molecule has 0 radical (unpaired) electrons. The Kier molecular flexibility index (Phi) is 4.26. The fraction of sp³-hybridized carbons (Fsp3) is 0.667. The van der Waals surface area contributed by atoms with E-state index in [1.54, 1.807) is 0 Å². The van der Waals surface area contributed by atoms with Crippen molar-refractivity contribution < 1.29 is 12.8 Å². The van der Waals surface area contributed by atoms with Crippen LogP contribution >= 0.6 is 0 Å². The molecule has 2 aliphatic rings. The van der Waals surface area contributed by atoms with Crippen LogP contribution in [-0.2, 0) is 10.0 Å². The molecule has 1 saturated heterocycles. The SMILES string of the molecule is O=S(=O)(c1ncccc1F)N1CCCC1C1CCCCC1. The predicted molar refractivity (Wildman–Crippen MR) is 77.7 cm³/mol. The van der Waals surface area contributed by atoms with Crippen LogP contribution in [0.15, 0.2) is 23.4 Å². The summed E-state index contributed by atoms with van der Waals surface area (Å²) in [6.07, 6.45) is 8.84. The second-order valence-corrected chi connectivity index (χ2v) is 7.82. The first-order chi connectivity index (χ1) is 10.1. The molecular weight excluding hydrogens is 291 g/mol. The quantitative estimate of drug-likeness (QED) is 0.862. The highest BCUT2D eigenvalue weighted by atomic mass is 32.2. The number of halogens is 1. The molecule has 0 aromatic carbocycles. The lowest BCUT2D eigenvalue weighted by molar-refractivity contribution is 0.225. The molecule has 21 heavy (non-hydrogen) atoms. The van der Waals surface area contributed by atoms with Crippen LogP contribution in [0.2, 0.25) is 0 Å². The van der Waals surface area contributed by atoms with Crippen LogP contribution in [0.25, 0.3) is 0 Å². The minimum absolute atomic E-state index is 0.0247. The highest BCUT2D eigenvalue weighted by Crippen LogP contribution is 2.37. The lowest BCUT2D eigenvalue weighted by atomic mass is 9.83. The first kappa shape index (κ1) is 14.9. The van der Waals surface area contributed by atoms with Gasteiger partial charge in [-0.25, -0.2) is 17.8 Å². The Labute approximate surface area is 125 Å². The minimum atomic E-state index is -3.82. The highest BCUT2D eigenvalue weighted by Gasteiger charge is 2.41. The summed E-state index contributed by atoms with van der Waals surface area (Å²) in [6.45, 7) is 0.486. The van der Waals surface area contributed by atoms with Crippen molar-refractivity contribution in [2.45, 2.75) is 56.0 Å². The van der Waals surface area contributed by atoms with Crippen LogP contribution in [-0.4, -0.2) is 30.3 Å². The zero-order valence-electron chi connectivity index (χ0n) is 12.0. The van der Waals surface area contributed by atoms with Crippen LogP contribution in [0.1, 0.15) is 44.9 Å². The molecule has 1 aromatic rings. The molecule has 4 nitrogen and oxygen atoms in total. The molecule has 1 atom stereocenters. The predicted octanol–water partition coefficient (Wildman–Crippen LogP) is 2.95. The molecule has 3 rings (SSSR count). The summed E-state index contributed by atoms with van der Waals surface area (Å²) in [5.41, 5.74) is 0. The maximum absolute atomic E-state index is 13.8. The van der Waals surface area contributed by atoms with Crippen molar-refractivity contribution in [2.24, 2.45) is 5.92 Å². The van der Waals surface area contributed by atoms with Gasteiger partial charge < -0.3 is 0 Å². The molecule has 0 amide bonds. The fourth-order valence-corrected chi connectivity index (χ4v) is 5.46. The van der Waals surface area contributed by atoms with Gasteiger partial charge in [0.05, 0.1) is 0 Å². The molecule has 0 spiro atoms. The number of aromatic nitrogens is 1. The van der Waals surface area contributed by atoms with Gasteiger partial charge >= 0.3 is 0 Å². The molecule has 0 N–H and O–H groups in total. The summed E-state index contributed by atoms with van der Waals surface area (Å²) in [4.78, 5) is 3.77. The molecule has 1 unspecified atom stereocenters. The van der Waals surface area contributed by atoms with E-state index < -0.39 is 20.9 Å². The van der Waals surface area contributed by atoms with Gasteiger partial charge in [-0.3, -0.25) is 0 Å². The van der Waals surface area contributed by atoms with E-state index >= 15 is 0 Å². The Morgan fingerprint density at radius 1 is 1.14 bits per heavy atom. The van der Waals surface area contributed by atoms with E-state index in [0.717, 1.165) is 31.7 Å². The molecule has 1 aromatic heterocycles. The van der Waals surface area contributed by atoms with E-state index in [1.807, 2.05) is 0 Å². The lowest BCUT2D eigenvalue weighted by Crippen LogP contribution is -2.41. The van der Waals surface area contributed by atoms with Crippen molar-refractivity contribution in [3.05, 3.63) is 24.1 Å². The normalized spacial score (nSPS) is 25.3. The van der Waals surface area contributed by atoms with Gasteiger partial charge in [-0.1, -0.05) is 19.3 Å². The number of hydrogen-bond acceptors (Lipinski definition) is 3. The summed E-state index contributed by atoms with van der Waals surface area (Å²) in [7, 11) is -3.82. The summed E-state index contributed by atoms with van der Waals surface area (Å²) in [6, 6.07) is 2.60. The van der Waals surface area contributed by atoms with Gasteiger partial charge in [-0.2, -0.15) is 4.31 Å². The second-order valence-electron chi connectivity index (χ2n) is 6.01. The van der Waals surface area contributed by atoms with E-state index in [-0.39, 0.29) is 6.04 Å². The zero-order chi connectivity index (χ0) is 14.9. The first-order valence-electron chi connectivity index (χ1n) is 7.73. The largest absolute Gasteiger partial charge is 0.263 e. The van der Waals surface area contributed by atoms with Gasteiger partial charge in [0, 0.05) is 18.8 Å². The van der Waals surface area contributed by atoms with Crippen molar-refractivity contribution in [1.82, 2.24) is 9.29 Å². The number of hydrogen-bond donors (Lipinski definition) is 0. The van der Waals surface area contributed by atoms with Gasteiger partial charge in [0.15, 0.2) is 5.82 Å². The van der Waals surface area contributed by atoms with Crippen LogP contribution in [0, 0.1) is 11.7 Å². The third-order valence-electron chi connectivity index (χ3n) is 4.72. The first-order valence-corrected chi connectivity index (χ1v) is 9.17. The summed E-state index contributed by atoms with van der Waals surface area (Å²) in [5.74, 6) is -0.338. The van der Waals surface area contributed by atoms with Crippen LogP contribution in [0.5, 0.6) is 0 Å². The smallest absolute Gasteiger partial charge is 0.241 e. The third kappa shape index (κ3) is 2.83. The average molecular weight is 312 g/mol. The number of nitrogens with zero attached hydrogens (tertiary/aromatic N) is 2. The summed E-state index contributed by atoms with van der Waals surface area (Å²) in [5, 5.41) is -0.423. The molecule has 2 fully saturated rings. The average Bonchev–Trinajstić information content (AvgIpc) is 2.99. The number of pyridine rings is 1. The third-order valence-corrected chi connectivity index (χ3v) is 6.58. The molecule has 1 aliphatic carbocycles. The van der Waals surface area contributed by atoms with Crippen molar-refractivity contribution in [3.63, 3.8) is 0 Å². The summed E-state index contributed by atoms with van der Waals surface area (Å²) >= 11 is 0. The standard InChI is InChI=1S/C15H21FN2O2S/c16-13-8-4-10-17-15(13)21(19,20)18-11-5-9-14(18)12-6-2-1-3-7-12/h4,8,10,12,14H,1-3,5-7,9,11H2. The second kappa shape index (κ2) is 6.01. The van der Waals surface area contributed by atoms with Gasteiger partial charge in [-0.05, 0) is 43.7 Å².